The summed E-state index contributed by atoms with van der Waals surface area (Å²) in [5, 5.41) is 12.1. The molecule has 0 aromatic carbocycles. The molecule has 148 valence electrons. The highest BCUT2D eigenvalue weighted by atomic mass is 32.2. The van der Waals surface area contributed by atoms with E-state index >= 15 is 0 Å². The zero-order chi connectivity index (χ0) is 19.1. The predicted octanol–water partition coefficient (Wildman–Crippen LogP) is 3.47. The van der Waals surface area contributed by atoms with Gasteiger partial charge in [0.15, 0.2) is 0 Å². The Labute approximate surface area is 169 Å². The van der Waals surface area contributed by atoms with Crippen molar-refractivity contribution < 1.29 is 14.6 Å². The largest absolute Gasteiger partial charge is 0.509 e. The van der Waals surface area contributed by atoms with Crippen molar-refractivity contribution in [2.75, 3.05) is 12.5 Å². The van der Waals surface area contributed by atoms with Gasteiger partial charge in [-0.15, -0.1) is 11.8 Å². The van der Waals surface area contributed by atoms with Crippen molar-refractivity contribution in [2.24, 2.45) is 26.8 Å². The summed E-state index contributed by atoms with van der Waals surface area (Å²) in [7, 11) is 0. The first-order valence-corrected chi connectivity index (χ1v) is 11.0. The molecule has 6 nitrogen and oxygen atoms in total. The number of allylic oxidation sites excluding steroid dienone is 3. The van der Waals surface area contributed by atoms with Gasteiger partial charge in [-0.05, 0) is 31.8 Å². The Hall–Kier alpha value is -1.70. The molecule has 0 spiro atoms. The molecule has 0 amide bonds. The van der Waals surface area contributed by atoms with E-state index in [4.69, 9.17) is 24.5 Å². The van der Waals surface area contributed by atoms with E-state index in [1.54, 1.807) is 11.8 Å². The van der Waals surface area contributed by atoms with Crippen LogP contribution in [0.5, 0.6) is 0 Å². The van der Waals surface area contributed by atoms with Crippen LogP contribution in [-0.4, -0.2) is 59.0 Å². The Morgan fingerprint density at radius 3 is 2.93 bits per heavy atom. The van der Waals surface area contributed by atoms with Gasteiger partial charge >= 0.3 is 0 Å². The number of hydrogen-bond donors (Lipinski definition) is 1. The molecule has 2 aliphatic carbocycles. The second-order valence-electron chi connectivity index (χ2n) is 7.83. The van der Waals surface area contributed by atoms with E-state index in [-0.39, 0.29) is 42.9 Å². The average molecular weight is 400 g/mol. The highest BCUT2D eigenvalue weighted by molar-refractivity contribution is 8.14. The van der Waals surface area contributed by atoms with Crippen molar-refractivity contribution in [3.63, 3.8) is 0 Å². The van der Waals surface area contributed by atoms with Crippen LogP contribution in [-0.2, 0) is 9.47 Å². The lowest BCUT2D eigenvalue weighted by Gasteiger charge is -2.34. The van der Waals surface area contributed by atoms with Gasteiger partial charge in [0.2, 0.25) is 0 Å². The molecular weight excluding hydrogens is 374 g/mol. The van der Waals surface area contributed by atoms with Crippen molar-refractivity contribution in [3.05, 3.63) is 35.6 Å². The number of hydrogen-bond acceptors (Lipinski definition) is 7. The van der Waals surface area contributed by atoms with Gasteiger partial charge in [-0.25, -0.2) is 4.99 Å². The van der Waals surface area contributed by atoms with Gasteiger partial charge in [0.05, 0.1) is 23.2 Å². The first-order chi connectivity index (χ1) is 13.7. The van der Waals surface area contributed by atoms with Crippen LogP contribution in [0.15, 0.2) is 50.6 Å². The van der Waals surface area contributed by atoms with Crippen LogP contribution in [0.3, 0.4) is 0 Å². The summed E-state index contributed by atoms with van der Waals surface area (Å²) in [6.45, 7) is 2.30. The Morgan fingerprint density at radius 1 is 1.21 bits per heavy atom. The zero-order valence-electron chi connectivity index (χ0n) is 15.9. The lowest BCUT2D eigenvalue weighted by atomic mass is 9.80. The Bertz CT molecular complexity index is 829. The minimum Gasteiger partial charge on any atom is -0.509 e. The normalized spacial score (nSPS) is 39.9. The average Bonchev–Trinajstić information content (AvgIpc) is 3.38. The van der Waals surface area contributed by atoms with Crippen LogP contribution in [0.1, 0.15) is 26.2 Å². The van der Waals surface area contributed by atoms with Gasteiger partial charge < -0.3 is 14.6 Å². The number of aliphatic imine (C=N–C) groups is 3. The summed E-state index contributed by atoms with van der Waals surface area (Å²) < 4.78 is 11.2. The number of amidine groups is 1. The molecule has 1 fully saturated rings. The van der Waals surface area contributed by atoms with Crippen LogP contribution in [0.4, 0.5) is 0 Å². The van der Waals surface area contributed by atoms with Gasteiger partial charge in [0.25, 0.3) is 0 Å². The summed E-state index contributed by atoms with van der Waals surface area (Å²) in [6, 6.07) is 0.00168. The van der Waals surface area contributed by atoms with E-state index in [2.05, 4.69) is 31.2 Å². The summed E-state index contributed by atoms with van der Waals surface area (Å²) in [5.41, 5.74) is 0.973. The molecule has 3 heterocycles. The van der Waals surface area contributed by atoms with E-state index in [1.165, 1.54) is 0 Å². The summed E-state index contributed by atoms with van der Waals surface area (Å²) in [4.78, 5) is 14.6. The third-order valence-electron chi connectivity index (χ3n) is 6.10. The number of nitrogens with zero attached hydrogens (tertiary/aromatic N) is 3. The number of thioether (sulfide) groups is 1. The standard InChI is InChI=1S/C21H25N3O3S/c1-12-23-16(10-28-12)15-9-22-21(13-5-3-2-4-6-13)24-18(15)14-7-8-17-20(19(14)25)27-11-26-17/h2-5,9,13,15-18,20,25H,6-8,10-11H2,1H3. The van der Waals surface area contributed by atoms with E-state index in [9.17, 15) is 5.11 Å². The fourth-order valence-corrected chi connectivity index (χ4v) is 5.51. The quantitative estimate of drug-likeness (QED) is 0.788. The Morgan fingerprint density at radius 2 is 2.14 bits per heavy atom. The van der Waals surface area contributed by atoms with Gasteiger partial charge in [-0.3, -0.25) is 9.98 Å². The molecule has 28 heavy (non-hydrogen) atoms. The zero-order valence-corrected chi connectivity index (χ0v) is 16.7. The van der Waals surface area contributed by atoms with Crippen LogP contribution < -0.4 is 0 Å². The number of fused-ring (bicyclic) bond motifs is 1. The van der Waals surface area contributed by atoms with Crippen LogP contribution in [0.2, 0.25) is 0 Å². The van der Waals surface area contributed by atoms with Gasteiger partial charge in [-0.1, -0.05) is 24.3 Å². The molecule has 1 N–H and O–H groups in total. The highest BCUT2D eigenvalue weighted by Crippen LogP contribution is 2.39. The number of rotatable bonds is 3. The number of ether oxygens (including phenoxy) is 2. The topological polar surface area (TPSA) is 75.8 Å². The minimum absolute atomic E-state index is 0.0448. The summed E-state index contributed by atoms with van der Waals surface area (Å²) in [5.74, 6) is 2.35. The van der Waals surface area contributed by atoms with Crippen molar-refractivity contribution >= 4 is 28.9 Å². The molecule has 0 saturated carbocycles. The Balaban J connectivity index is 1.50. The lowest BCUT2D eigenvalue weighted by molar-refractivity contribution is 0.0385. The van der Waals surface area contributed by atoms with E-state index < -0.39 is 0 Å². The third kappa shape index (κ3) is 3.29. The fourth-order valence-electron chi connectivity index (χ4n) is 4.59. The first-order valence-electron chi connectivity index (χ1n) is 9.98. The molecule has 0 radical (unpaired) electrons. The highest BCUT2D eigenvalue weighted by Gasteiger charge is 2.43. The molecule has 3 aliphatic heterocycles. The van der Waals surface area contributed by atoms with Crippen molar-refractivity contribution in [3.8, 4) is 0 Å². The minimum atomic E-state index is -0.359. The molecular formula is C21H25N3O3S. The van der Waals surface area contributed by atoms with Crippen LogP contribution in [0, 0.1) is 11.8 Å². The van der Waals surface area contributed by atoms with Crippen molar-refractivity contribution in [2.45, 2.75) is 50.5 Å². The van der Waals surface area contributed by atoms with Crippen LogP contribution in [0.25, 0.3) is 0 Å². The fraction of sp³-hybridized carbons (Fsp3) is 0.571. The Kier molecular flexibility index (Phi) is 4.99. The molecule has 1 saturated heterocycles. The molecule has 7 heteroatoms. The smallest absolute Gasteiger partial charge is 0.148 e. The van der Waals surface area contributed by atoms with Gasteiger partial charge in [0.1, 0.15) is 24.5 Å². The molecule has 6 atom stereocenters. The molecule has 0 aromatic heterocycles. The van der Waals surface area contributed by atoms with Crippen LogP contribution >= 0.6 is 11.8 Å². The SMILES string of the molecule is CC1=NC(C2C=NC(C3C=CC=CC3)=NC2C2=C(O)C3OCOC3CC2)CS1. The second kappa shape index (κ2) is 7.61. The van der Waals surface area contributed by atoms with Crippen molar-refractivity contribution in [1.29, 1.82) is 0 Å². The molecule has 6 unspecified atom stereocenters. The third-order valence-corrected chi connectivity index (χ3v) is 7.13. The number of aliphatic hydroxyl groups excluding tert-OH is 1. The second-order valence-corrected chi connectivity index (χ2v) is 9.04. The lowest BCUT2D eigenvalue weighted by Crippen LogP contribution is -2.40. The molecule has 5 rings (SSSR count). The monoisotopic (exact) mass is 399 g/mol. The maximum atomic E-state index is 11.0. The van der Waals surface area contributed by atoms with Crippen molar-refractivity contribution in [1.82, 2.24) is 0 Å². The maximum absolute atomic E-state index is 11.0. The van der Waals surface area contributed by atoms with E-state index in [1.807, 2.05) is 6.21 Å². The predicted molar refractivity (Wildman–Crippen MR) is 112 cm³/mol. The van der Waals surface area contributed by atoms with Gasteiger partial charge in [-0.2, -0.15) is 0 Å². The maximum Gasteiger partial charge on any atom is 0.148 e. The van der Waals surface area contributed by atoms with E-state index in [0.29, 0.717) is 5.76 Å². The van der Waals surface area contributed by atoms with E-state index in [0.717, 1.165) is 41.5 Å². The number of aliphatic hydroxyl groups is 1. The molecule has 0 bridgehead atoms. The molecule has 0 aromatic rings. The summed E-state index contributed by atoms with van der Waals surface area (Å²) in [6.07, 6.45) is 12.6. The van der Waals surface area contributed by atoms with Gasteiger partial charge in [0, 0.05) is 23.8 Å². The summed E-state index contributed by atoms with van der Waals surface area (Å²) >= 11 is 1.79. The molecule has 5 aliphatic rings. The first kappa shape index (κ1) is 18.3.